The van der Waals surface area contributed by atoms with Gasteiger partial charge in [-0.05, 0) is 42.5 Å². The number of hydrogen-bond acceptors (Lipinski definition) is 4. The Morgan fingerprint density at radius 2 is 1.59 bits per heavy atom. The molecule has 0 amide bonds. The van der Waals surface area contributed by atoms with Gasteiger partial charge < -0.3 is 14.9 Å². The highest BCUT2D eigenvalue weighted by Crippen LogP contribution is 2.33. The van der Waals surface area contributed by atoms with Crippen molar-refractivity contribution < 1.29 is 28.9 Å². The second kappa shape index (κ2) is 10.1. The van der Waals surface area contributed by atoms with Crippen molar-refractivity contribution in [3.63, 3.8) is 0 Å². The molecule has 2 N–H and O–H groups in total. The zero-order chi connectivity index (χ0) is 21.6. The second-order valence-electron chi connectivity index (χ2n) is 5.27. The molecule has 1 heterocycles. The van der Waals surface area contributed by atoms with Crippen LogP contribution in [0.5, 0.6) is 11.5 Å². The monoisotopic (exact) mass is 457 g/mol. The largest absolute Gasteiger partial charge is 0.478 e. The minimum absolute atomic E-state index is 0.0157. The van der Waals surface area contributed by atoms with Crippen LogP contribution in [0.15, 0.2) is 54.7 Å². The zero-order valence-electron chi connectivity index (χ0n) is 14.3. The molecule has 1 aromatic heterocycles. The number of benzene rings is 2. The summed E-state index contributed by atoms with van der Waals surface area (Å²) >= 11 is 17.1. The molecule has 10 heteroatoms. The highest BCUT2D eigenvalue weighted by atomic mass is 35.5. The van der Waals surface area contributed by atoms with Crippen LogP contribution in [0.4, 0.5) is 4.39 Å². The Bertz CT molecular complexity index is 1060. The first-order valence-corrected chi connectivity index (χ1v) is 8.82. The van der Waals surface area contributed by atoms with E-state index in [1.165, 1.54) is 36.5 Å². The maximum atomic E-state index is 13.0. The Labute approximate surface area is 179 Å². The summed E-state index contributed by atoms with van der Waals surface area (Å²) < 4.78 is 18.4. The lowest BCUT2D eigenvalue weighted by molar-refractivity contribution is 0.0684. The van der Waals surface area contributed by atoms with Crippen LogP contribution in [-0.2, 0) is 0 Å². The van der Waals surface area contributed by atoms with Gasteiger partial charge >= 0.3 is 11.9 Å². The summed E-state index contributed by atoms with van der Waals surface area (Å²) in [5.41, 5.74) is -0.264. The summed E-state index contributed by atoms with van der Waals surface area (Å²) in [5.74, 6) is -2.84. The van der Waals surface area contributed by atoms with E-state index in [1.54, 1.807) is 6.07 Å². The van der Waals surface area contributed by atoms with Gasteiger partial charge in [0.1, 0.15) is 28.0 Å². The normalized spacial score (nSPS) is 9.93. The Morgan fingerprint density at radius 3 is 2.17 bits per heavy atom. The van der Waals surface area contributed by atoms with E-state index in [2.05, 4.69) is 4.98 Å². The minimum Gasteiger partial charge on any atom is -0.478 e. The van der Waals surface area contributed by atoms with Gasteiger partial charge in [0.2, 0.25) is 0 Å². The lowest BCUT2D eigenvalue weighted by atomic mass is 10.2. The summed E-state index contributed by atoms with van der Waals surface area (Å²) in [6.07, 6.45) is 1.44. The van der Waals surface area contributed by atoms with Gasteiger partial charge in [0.15, 0.2) is 0 Å². The summed E-state index contributed by atoms with van der Waals surface area (Å²) in [6, 6.07) is 10.6. The van der Waals surface area contributed by atoms with Crippen LogP contribution < -0.4 is 4.74 Å². The number of carboxylic acids is 2. The number of halogens is 4. The maximum absolute atomic E-state index is 13.0. The molecule has 6 nitrogen and oxygen atoms in total. The molecule has 0 radical (unpaired) electrons. The van der Waals surface area contributed by atoms with Crippen molar-refractivity contribution in [2.45, 2.75) is 0 Å². The van der Waals surface area contributed by atoms with Gasteiger partial charge in [-0.25, -0.2) is 19.0 Å². The predicted molar refractivity (Wildman–Crippen MR) is 106 cm³/mol. The molecule has 0 unspecified atom stereocenters. The molecule has 0 bridgehead atoms. The van der Waals surface area contributed by atoms with Crippen LogP contribution in [0, 0.1) is 5.82 Å². The summed E-state index contributed by atoms with van der Waals surface area (Å²) in [4.78, 5) is 24.9. The Kier molecular flexibility index (Phi) is 7.78. The van der Waals surface area contributed by atoms with Gasteiger partial charge in [0.05, 0.1) is 10.6 Å². The lowest BCUT2D eigenvalue weighted by Gasteiger charge is -2.10. The first-order chi connectivity index (χ1) is 13.7. The molecule has 0 spiro atoms. The number of carboxylic acid groups (broad SMARTS) is 2. The van der Waals surface area contributed by atoms with Crippen molar-refractivity contribution in [2.75, 3.05) is 0 Å². The van der Waals surface area contributed by atoms with Gasteiger partial charge in [-0.15, -0.1) is 0 Å². The third-order valence-electron chi connectivity index (χ3n) is 3.27. The van der Waals surface area contributed by atoms with Gasteiger partial charge in [-0.2, -0.15) is 0 Å². The van der Waals surface area contributed by atoms with Crippen molar-refractivity contribution in [2.24, 2.45) is 0 Å². The molecule has 0 aliphatic rings. The smallest absolute Gasteiger partial charge is 0.339 e. The lowest BCUT2D eigenvalue weighted by Crippen LogP contribution is -2.01. The van der Waals surface area contributed by atoms with E-state index in [-0.39, 0.29) is 32.8 Å². The Balaban J connectivity index is 0.000000253. The average Bonchev–Trinajstić information content (AvgIpc) is 2.66. The molecule has 0 saturated heterocycles. The number of aromatic carboxylic acids is 2. The zero-order valence-corrected chi connectivity index (χ0v) is 16.5. The van der Waals surface area contributed by atoms with Crippen molar-refractivity contribution in [3.8, 4) is 11.5 Å². The van der Waals surface area contributed by atoms with E-state index < -0.39 is 17.8 Å². The van der Waals surface area contributed by atoms with Crippen LogP contribution in [-0.4, -0.2) is 27.1 Å². The third-order valence-corrected chi connectivity index (χ3v) is 4.12. The number of ether oxygens (including phenoxy) is 1. The molecule has 29 heavy (non-hydrogen) atoms. The van der Waals surface area contributed by atoms with Crippen molar-refractivity contribution >= 4 is 46.7 Å². The molecule has 3 rings (SSSR count). The highest BCUT2D eigenvalue weighted by Gasteiger charge is 2.14. The van der Waals surface area contributed by atoms with Gasteiger partial charge in [0.25, 0.3) is 0 Å². The van der Waals surface area contributed by atoms with E-state index in [0.717, 1.165) is 12.1 Å². The van der Waals surface area contributed by atoms with Crippen molar-refractivity contribution in [3.05, 3.63) is 86.9 Å². The van der Waals surface area contributed by atoms with E-state index in [9.17, 15) is 14.0 Å². The highest BCUT2D eigenvalue weighted by molar-refractivity contribution is 6.34. The van der Waals surface area contributed by atoms with Crippen LogP contribution in [0.25, 0.3) is 0 Å². The fourth-order valence-corrected chi connectivity index (χ4v) is 2.50. The van der Waals surface area contributed by atoms with E-state index in [0.29, 0.717) is 5.02 Å². The first-order valence-electron chi connectivity index (χ1n) is 7.68. The molecule has 2 aromatic carbocycles. The van der Waals surface area contributed by atoms with Crippen LogP contribution in [0.2, 0.25) is 15.2 Å². The number of carbonyl (C=O) groups is 2. The van der Waals surface area contributed by atoms with Gasteiger partial charge in [-0.1, -0.05) is 34.8 Å². The van der Waals surface area contributed by atoms with Crippen LogP contribution in [0.3, 0.4) is 0 Å². The predicted octanol–water partition coefficient (Wildman–Crippen LogP) is 6.06. The molecular formula is C19H11Cl3FNO5. The SMILES string of the molecule is O=C(O)c1cc(F)ccc1Oc1cc(Cl)ccc1Cl.O=C(O)c1cccnc1Cl. The molecule has 3 aromatic rings. The standard InChI is InChI=1S/C13H7Cl2FO3.C6H4ClNO2/c14-7-1-3-10(15)12(5-7)19-11-4-2-8(16)6-9(11)13(17)18;7-5-4(6(9)10)2-1-3-8-5/h1-6H,(H,17,18);1-3H,(H,9,10). The average molecular weight is 459 g/mol. The van der Waals surface area contributed by atoms with E-state index in [1.807, 2.05) is 0 Å². The van der Waals surface area contributed by atoms with E-state index >= 15 is 0 Å². The first kappa shape index (κ1) is 22.4. The van der Waals surface area contributed by atoms with Crippen LogP contribution in [0.1, 0.15) is 20.7 Å². The number of pyridine rings is 1. The third kappa shape index (κ3) is 6.32. The molecule has 0 aliphatic carbocycles. The maximum Gasteiger partial charge on any atom is 0.339 e. The molecule has 150 valence electrons. The molecule has 0 saturated carbocycles. The minimum atomic E-state index is -1.30. The number of rotatable bonds is 4. The number of hydrogen-bond donors (Lipinski definition) is 2. The summed E-state index contributed by atoms with van der Waals surface area (Å²) in [7, 11) is 0. The summed E-state index contributed by atoms with van der Waals surface area (Å²) in [5, 5.41) is 18.1. The summed E-state index contributed by atoms with van der Waals surface area (Å²) in [6.45, 7) is 0. The molecular weight excluding hydrogens is 448 g/mol. The van der Waals surface area contributed by atoms with Crippen molar-refractivity contribution in [1.82, 2.24) is 4.98 Å². The Hall–Kier alpha value is -2.87. The second-order valence-corrected chi connectivity index (χ2v) is 6.47. The van der Waals surface area contributed by atoms with E-state index in [4.69, 9.17) is 49.8 Å². The van der Waals surface area contributed by atoms with Crippen LogP contribution >= 0.6 is 34.8 Å². The topological polar surface area (TPSA) is 96.7 Å². The molecule has 0 fully saturated rings. The van der Waals surface area contributed by atoms with Gasteiger partial charge in [0, 0.05) is 17.3 Å². The van der Waals surface area contributed by atoms with Gasteiger partial charge in [-0.3, -0.25) is 0 Å². The number of nitrogens with zero attached hydrogens (tertiary/aromatic N) is 1. The quantitative estimate of drug-likeness (QED) is 0.462. The fraction of sp³-hybridized carbons (Fsp3) is 0. The fourth-order valence-electron chi connectivity index (χ4n) is 1.98. The van der Waals surface area contributed by atoms with Crippen molar-refractivity contribution in [1.29, 1.82) is 0 Å². The molecule has 0 aliphatic heterocycles. The Morgan fingerprint density at radius 1 is 0.897 bits per heavy atom. The number of aromatic nitrogens is 1. The molecule has 0 atom stereocenters.